The minimum Gasteiger partial charge on any atom is -0.338 e. The monoisotopic (exact) mass is 313 g/mol. The van der Waals surface area contributed by atoms with E-state index in [2.05, 4.69) is 25.8 Å². The van der Waals surface area contributed by atoms with Crippen LogP contribution in [0.25, 0.3) is 0 Å². The van der Waals surface area contributed by atoms with Gasteiger partial charge in [0.25, 0.3) is 0 Å². The molecule has 1 saturated heterocycles. The average Bonchev–Trinajstić information content (AvgIpc) is 2.61. The summed E-state index contributed by atoms with van der Waals surface area (Å²) in [5, 5.41) is -0.152. The van der Waals surface area contributed by atoms with Crippen LogP contribution in [0.2, 0.25) is 0 Å². The first-order valence-corrected chi connectivity index (χ1v) is 8.09. The van der Waals surface area contributed by atoms with E-state index in [1.807, 2.05) is 30.3 Å². The molecule has 1 aliphatic heterocycles. The fourth-order valence-electron chi connectivity index (χ4n) is 2.41. The van der Waals surface area contributed by atoms with Crippen LogP contribution in [0.4, 0.5) is 5.95 Å². The predicted molar refractivity (Wildman–Crippen MR) is 86.8 cm³/mol. The van der Waals surface area contributed by atoms with Gasteiger partial charge in [-0.1, -0.05) is 23.9 Å². The topological polar surface area (TPSA) is 49.3 Å². The molecule has 1 unspecified atom stereocenters. The molecule has 1 radical (unpaired) electrons. The van der Waals surface area contributed by atoms with Gasteiger partial charge in [-0.25, -0.2) is 9.97 Å². The highest BCUT2D eigenvalue weighted by molar-refractivity contribution is 8.00. The van der Waals surface area contributed by atoms with Gasteiger partial charge in [0.2, 0.25) is 5.95 Å². The zero-order chi connectivity index (χ0) is 15.2. The van der Waals surface area contributed by atoms with Gasteiger partial charge in [0.1, 0.15) is 11.7 Å². The van der Waals surface area contributed by atoms with E-state index in [0.717, 1.165) is 43.3 Å². The van der Waals surface area contributed by atoms with Gasteiger partial charge in [0, 0.05) is 43.5 Å². The molecular formula is C16H17N4OS. The average molecular weight is 313 g/mol. The zero-order valence-electron chi connectivity index (χ0n) is 12.1. The number of carbonyl (C=O) groups excluding carboxylic acids is 1. The van der Waals surface area contributed by atoms with Crippen molar-refractivity contribution in [2.24, 2.45) is 0 Å². The van der Waals surface area contributed by atoms with Gasteiger partial charge in [-0.05, 0) is 24.3 Å². The Morgan fingerprint density at radius 3 is 2.45 bits per heavy atom. The molecule has 0 amide bonds. The summed E-state index contributed by atoms with van der Waals surface area (Å²) < 4.78 is 0. The van der Waals surface area contributed by atoms with E-state index in [1.165, 1.54) is 0 Å². The highest BCUT2D eigenvalue weighted by Gasteiger charge is 2.25. The Bertz CT molecular complexity index is 588. The molecule has 3 rings (SSSR count). The number of thioether (sulfide) groups is 1. The molecule has 0 saturated carbocycles. The summed E-state index contributed by atoms with van der Waals surface area (Å²) in [5.41, 5.74) is 0. The second-order valence-electron chi connectivity index (χ2n) is 4.95. The molecule has 0 N–H and O–H groups in total. The van der Waals surface area contributed by atoms with Gasteiger partial charge >= 0.3 is 0 Å². The fraction of sp³-hybridized carbons (Fsp3) is 0.312. The Balaban J connectivity index is 1.59. The lowest BCUT2D eigenvalue weighted by atomic mass is 10.3. The molecule has 0 aliphatic carbocycles. The molecule has 2 aromatic rings. The van der Waals surface area contributed by atoms with Crippen LogP contribution in [0.5, 0.6) is 0 Å². The van der Waals surface area contributed by atoms with Crippen molar-refractivity contribution < 1.29 is 4.79 Å². The lowest BCUT2D eigenvalue weighted by Gasteiger charge is -2.37. The van der Waals surface area contributed by atoms with Crippen LogP contribution in [-0.4, -0.2) is 52.7 Å². The van der Waals surface area contributed by atoms with Gasteiger partial charge in [0.05, 0.1) is 0 Å². The number of benzene rings is 1. The van der Waals surface area contributed by atoms with E-state index in [-0.39, 0.29) is 5.37 Å². The number of aromatic nitrogens is 2. The normalized spacial score (nSPS) is 17.2. The first-order valence-electron chi connectivity index (χ1n) is 7.21. The largest absolute Gasteiger partial charge is 0.338 e. The second kappa shape index (κ2) is 7.38. The minimum atomic E-state index is -0.152. The van der Waals surface area contributed by atoms with E-state index >= 15 is 0 Å². The number of piperazine rings is 1. The Morgan fingerprint density at radius 2 is 1.82 bits per heavy atom. The quantitative estimate of drug-likeness (QED) is 0.619. The standard InChI is InChI=1S/C16H17N4OS/c21-13-15(22-14-5-2-1-3-6-14)19-9-11-20(12-10-19)16-17-7-4-8-18-16/h2-8,13,15H,9-12H2. The molecule has 113 valence electrons. The van der Waals surface area contributed by atoms with Crippen LogP contribution in [0.1, 0.15) is 0 Å². The van der Waals surface area contributed by atoms with E-state index in [4.69, 9.17) is 0 Å². The molecule has 2 heterocycles. The molecular weight excluding hydrogens is 296 g/mol. The molecule has 1 fully saturated rings. The van der Waals surface area contributed by atoms with E-state index in [1.54, 1.807) is 24.2 Å². The third kappa shape index (κ3) is 3.64. The predicted octanol–water partition coefficient (Wildman–Crippen LogP) is 1.72. The lowest BCUT2D eigenvalue weighted by molar-refractivity contribution is -0.109. The van der Waals surface area contributed by atoms with Crippen LogP contribution in [-0.2, 0) is 4.79 Å². The van der Waals surface area contributed by atoms with Crippen molar-refractivity contribution in [3.8, 4) is 0 Å². The van der Waals surface area contributed by atoms with Crippen molar-refractivity contribution in [3.05, 3.63) is 48.8 Å². The molecule has 0 bridgehead atoms. The van der Waals surface area contributed by atoms with Crippen LogP contribution in [0.15, 0.2) is 47.6 Å². The van der Waals surface area contributed by atoms with Crippen molar-refractivity contribution in [1.29, 1.82) is 0 Å². The third-order valence-corrected chi connectivity index (χ3v) is 4.77. The molecule has 22 heavy (non-hydrogen) atoms. The van der Waals surface area contributed by atoms with Gasteiger partial charge in [-0.2, -0.15) is 0 Å². The fourth-order valence-corrected chi connectivity index (χ4v) is 3.40. The summed E-state index contributed by atoms with van der Waals surface area (Å²) in [5.74, 6) is 0.760. The Morgan fingerprint density at radius 1 is 1.14 bits per heavy atom. The minimum absolute atomic E-state index is 0.152. The summed E-state index contributed by atoms with van der Waals surface area (Å²) in [6, 6.07) is 12.5. The molecule has 1 aromatic heterocycles. The van der Waals surface area contributed by atoms with E-state index < -0.39 is 0 Å². The molecule has 0 spiro atoms. The molecule has 1 aliphatic rings. The van der Waals surface area contributed by atoms with Crippen LogP contribution >= 0.6 is 11.8 Å². The first kappa shape index (κ1) is 15.0. The Labute approximate surface area is 134 Å². The first-order chi connectivity index (χ1) is 10.9. The zero-order valence-corrected chi connectivity index (χ0v) is 12.9. The van der Waals surface area contributed by atoms with Gasteiger partial charge in [-0.15, -0.1) is 0 Å². The maximum absolute atomic E-state index is 11.5. The third-order valence-electron chi connectivity index (χ3n) is 3.57. The van der Waals surface area contributed by atoms with E-state index in [9.17, 15) is 4.79 Å². The summed E-state index contributed by atoms with van der Waals surface area (Å²) in [6.45, 7) is 3.32. The number of anilines is 1. The molecule has 6 heteroatoms. The second-order valence-corrected chi connectivity index (χ2v) is 6.14. The summed E-state index contributed by atoms with van der Waals surface area (Å²) >= 11 is 1.58. The van der Waals surface area contributed by atoms with Crippen molar-refractivity contribution in [1.82, 2.24) is 14.9 Å². The van der Waals surface area contributed by atoms with Crippen LogP contribution < -0.4 is 4.90 Å². The SMILES string of the molecule is O=CC(Sc1cc[c]cc1)N1CCN(c2ncccn2)CC1. The van der Waals surface area contributed by atoms with Crippen molar-refractivity contribution in [3.63, 3.8) is 0 Å². The number of aldehydes is 1. The Hall–Kier alpha value is -1.92. The highest BCUT2D eigenvalue weighted by Crippen LogP contribution is 2.25. The van der Waals surface area contributed by atoms with Crippen LogP contribution in [0, 0.1) is 6.07 Å². The van der Waals surface area contributed by atoms with Crippen molar-refractivity contribution in [2.45, 2.75) is 10.3 Å². The van der Waals surface area contributed by atoms with E-state index in [0.29, 0.717) is 0 Å². The molecule has 1 atom stereocenters. The van der Waals surface area contributed by atoms with Crippen LogP contribution in [0.3, 0.4) is 0 Å². The summed E-state index contributed by atoms with van der Waals surface area (Å²) in [6.07, 6.45) is 4.53. The van der Waals surface area contributed by atoms with Crippen molar-refractivity contribution in [2.75, 3.05) is 31.1 Å². The Kier molecular flexibility index (Phi) is 5.03. The van der Waals surface area contributed by atoms with Gasteiger partial charge in [0.15, 0.2) is 0 Å². The summed E-state index contributed by atoms with van der Waals surface area (Å²) in [4.78, 5) is 25.5. The number of carbonyl (C=O) groups is 1. The molecule has 1 aromatic carbocycles. The maximum atomic E-state index is 11.5. The van der Waals surface area contributed by atoms with Gasteiger partial charge < -0.3 is 9.69 Å². The number of hydrogen-bond donors (Lipinski definition) is 0. The molecule has 5 nitrogen and oxygen atoms in total. The number of hydrogen-bond acceptors (Lipinski definition) is 6. The van der Waals surface area contributed by atoms with Gasteiger partial charge in [-0.3, -0.25) is 4.90 Å². The lowest BCUT2D eigenvalue weighted by Crippen LogP contribution is -2.50. The maximum Gasteiger partial charge on any atom is 0.225 e. The highest BCUT2D eigenvalue weighted by atomic mass is 32.2. The number of nitrogens with zero attached hydrogens (tertiary/aromatic N) is 4. The number of rotatable bonds is 5. The summed E-state index contributed by atoms with van der Waals surface area (Å²) in [7, 11) is 0. The smallest absolute Gasteiger partial charge is 0.225 e. The van der Waals surface area contributed by atoms with Crippen molar-refractivity contribution >= 4 is 24.0 Å².